The molecule has 1 saturated heterocycles. The Hall–Kier alpha value is -2.50. The van der Waals surface area contributed by atoms with Crippen molar-refractivity contribution in [2.24, 2.45) is 11.8 Å². The predicted octanol–water partition coefficient (Wildman–Crippen LogP) is 0.243. The summed E-state index contributed by atoms with van der Waals surface area (Å²) in [6.45, 7) is -0.302. The number of aromatic nitrogens is 4. The lowest BCUT2D eigenvalue weighted by Crippen LogP contribution is -2.40. The number of rotatable bonds is 2. The monoisotopic (exact) mass is 301 g/mol. The van der Waals surface area contributed by atoms with Gasteiger partial charge in [0.05, 0.1) is 12.9 Å². The van der Waals surface area contributed by atoms with Crippen molar-refractivity contribution in [1.82, 2.24) is 19.5 Å². The number of hydrogen-bond donors (Lipinski definition) is 2. The molecule has 0 saturated carbocycles. The summed E-state index contributed by atoms with van der Waals surface area (Å²) in [7, 11) is 0. The van der Waals surface area contributed by atoms with E-state index in [1.807, 2.05) is 12.2 Å². The highest BCUT2D eigenvalue weighted by atomic mass is 19.1. The van der Waals surface area contributed by atoms with Gasteiger partial charge in [-0.2, -0.15) is 14.4 Å². The van der Waals surface area contributed by atoms with Gasteiger partial charge in [-0.15, -0.1) is 6.42 Å². The Labute approximate surface area is 124 Å². The molecule has 3 N–H and O–H groups in total. The van der Waals surface area contributed by atoms with E-state index in [1.54, 1.807) is 4.57 Å². The zero-order valence-corrected chi connectivity index (χ0v) is 11.3. The van der Waals surface area contributed by atoms with Crippen LogP contribution in [-0.2, 0) is 4.74 Å². The Morgan fingerprint density at radius 1 is 1.50 bits per heavy atom. The molecular weight excluding hydrogens is 289 g/mol. The van der Waals surface area contributed by atoms with Crippen molar-refractivity contribution >= 4 is 17.0 Å². The maximum atomic E-state index is 13.4. The predicted molar refractivity (Wildman–Crippen MR) is 74.6 cm³/mol. The third kappa shape index (κ3) is 1.49. The topological polar surface area (TPSA) is 99.1 Å². The fourth-order valence-electron chi connectivity index (χ4n) is 3.12. The molecule has 4 rings (SSSR count). The number of terminal acetylenes is 1. The van der Waals surface area contributed by atoms with Crippen molar-refractivity contribution < 1.29 is 14.2 Å². The molecule has 0 radical (unpaired) electrons. The molecular formula is C14H12FN5O2. The molecule has 2 aromatic rings. The SMILES string of the molecule is C#CC1(CO)OC(n2cnc3c(N)nc(F)nc32)C2C=CC21. The number of aliphatic hydroxyl groups is 1. The lowest BCUT2D eigenvalue weighted by Gasteiger charge is -2.30. The van der Waals surface area contributed by atoms with Gasteiger partial charge in [-0.25, -0.2) is 4.98 Å². The minimum atomic E-state index is -1.09. The van der Waals surface area contributed by atoms with Crippen molar-refractivity contribution in [3.05, 3.63) is 24.6 Å². The number of nitrogens with zero attached hydrogens (tertiary/aromatic N) is 4. The lowest BCUT2D eigenvalue weighted by molar-refractivity contribution is -0.0701. The number of anilines is 1. The molecule has 8 heteroatoms. The number of imidazole rings is 1. The first-order chi connectivity index (χ1) is 10.6. The minimum absolute atomic E-state index is 0.0367. The average Bonchev–Trinajstić information content (AvgIpc) is 2.96. The largest absolute Gasteiger partial charge is 0.392 e. The number of nitrogens with two attached hydrogens (primary N) is 1. The van der Waals surface area contributed by atoms with E-state index in [4.69, 9.17) is 16.9 Å². The van der Waals surface area contributed by atoms with Crippen LogP contribution in [0.15, 0.2) is 18.5 Å². The molecule has 0 spiro atoms. The van der Waals surface area contributed by atoms with Gasteiger partial charge in [-0.3, -0.25) is 4.57 Å². The van der Waals surface area contributed by atoms with E-state index in [1.165, 1.54) is 6.33 Å². The third-order valence-electron chi connectivity index (χ3n) is 4.33. The molecule has 1 fully saturated rings. The van der Waals surface area contributed by atoms with E-state index in [9.17, 15) is 9.50 Å². The maximum Gasteiger partial charge on any atom is 0.312 e. The molecule has 112 valence electrons. The van der Waals surface area contributed by atoms with Crippen molar-refractivity contribution in [3.8, 4) is 12.3 Å². The van der Waals surface area contributed by atoms with Crippen molar-refractivity contribution in [2.75, 3.05) is 12.3 Å². The van der Waals surface area contributed by atoms with Gasteiger partial charge in [0.15, 0.2) is 22.6 Å². The zero-order valence-electron chi connectivity index (χ0n) is 11.3. The summed E-state index contributed by atoms with van der Waals surface area (Å²) in [6.07, 6.45) is 9.39. The highest BCUT2D eigenvalue weighted by molar-refractivity contribution is 5.81. The molecule has 4 atom stereocenters. The number of ether oxygens (including phenoxy) is 1. The summed E-state index contributed by atoms with van der Waals surface area (Å²) in [6, 6.07) is 0. The number of fused-ring (bicyclic) bond motifs is 2. The minimum Gasteiger partial charge on any atom is -0.392 e. The number of halogens is 1. The number of aliphatic hydroxyl groups excluding tert-OH is 1. The first-order valence-electron chi connectivity index (χ1n) is 6.70. The first kappa shape index (κ1) is 13.2. The summed E-state index contributed by atoms with van der Waals surface area (Å²) in [4.78, 5) is 11.3. The number of hydrogen-bond acceptors (Lipinski definition) is 6. The van der Waals surface area contributed by atoms with Crippen LogP contribution in [0, 0.1) is 30.3 Å². The van der Waals surface area contributed by atoms with Crippen LogP contribution in [-0.4, -0.2) is 36.8 Å². The van der Waals surface area contributed by atoms with Crippen molar-refractivity contribution in [1.29, 1.82) is 0 Å². The van der Waals surface area contributed by atoms with Crippen LogP contribution in [0.2, 0.25) is 0 Å². The Morgan fingerprint density at radius 2 is 2.32 bits per heavy atom. The van der Waals surface area contributed by atoms with E-state index in [2.05, 4.69) is 20.9 Å². The van der Waals surface area contributed by atoms with Crippen LogP contribution in [0.5, 0.6) is 0 Å². The molecule has 1 aliphatic carbocycles. The Kier molecular flexibility index (Phi) is 2.55. The summed E-state index contributed by atoms with van der Waals surface area (Å²) in [5.41, 5.74) is 5.11. The van der Waals surface area contributed by atoms with Crippen molar-refractivity contribution in [3.63, 3.8) is 0 Å². The maximum absolute atomic E-state index is 13.4. The fraction of sp³-hybridized carbons (Fsp3) is 0.357. The fourth-order valence-corrected chi connectivity index (χ4v) is 3.12. The van der Waals surface area contributed by atoms with Crippen LogP contribution in [0.1, 0.15) is 6.23 Å². The molecule has 3 heterocycles. The lowest BCUT2D eigenvalue weighted by atomic mass is 9.73. The first-order valence-corrected chi connectivity index (χ1v) is 6.70. The standard InChI is InChI=1S/C14H12FN5O2/c1-2-14(5-21)8-4-3-7(8)12(22-14)20-6-17-9-10(16)18-13(15)19-11(9)20/h1,3-4,6-8,12,21H,5H2,(H2,16,18,19). The van der Waals surface area contributed by atoms with Gasteiger partial charge < -0.3 is 15.6 Å². The van der Waals surface area contributed by atoms with Crippen LogP contribution < -0.4 is 5.73 Å². The number of nitrogen functional groups attached to an aromatic ring is 1. The van der Waals surface area contributed by atoms with Gasteiger partial charge in [-0.1, -0.05) is 18.1 Å². The van der Waals surface area contributed by atoms with Crippen LogP contribution >= 0.6 is 0 Å². The molecule has 7 nitrogen and oxygen atoms in total. The van der Waals surface area contributed by atoms with Gasteiger partial charge in [-0.05, 0) is 0 Å². The molecule has 22 heavy (non-hydrogen) atoms. The van der Waals surface area contributed by atoms with E-state index < -0.39 is 17.9 Å². The van der Waals surface area contributed by atoms with Gasteiger partial charge in [0.2, 0.25) is 0 Å². The quantitative estimate of drug-likeness (QED) is 0.468. The van der Waals surface area contributed by atoms with Gasteiger partial charge in [0.25, 0.3) is 0 Å². The molecule has 4 unspecified atom stereocenters. The van der Waals surface area contributed by atoms with Crippen LogP contribution in [0.4, 0.5) is 10.2 Å². The smallest absolute Gasteiger partial charge is 0.312 e. The van der Waals surface area contributed by atoms with E-state index >= 15 is 0 Å². The summed E-state index contributed by atoms with van der Waals surface area (Å²) >= 11 is 0. The van der Waals surface area contributed by atoms with Crippen molar-refractivity contribution in [2.45, 2.75) is 11.8 Å². The van der Waals surface area contributed by atoms with E-state index in [0.717, 1.165) is 0 Å². The average molecular weight is 301 g/mol. The molecule has 0 aromatic carbocycles. The highest BCUT2D eigenvalue weighted by Crippen LogP contribution is 2.52. The molecule has 2 aliphatic rings. The molecule has 2 aromatic heterocycles. The normalized spacial score (nSPS) is 32.7. The molecule has 0 amide bonds. The second-order valence-corrected chi connectivity index (χ2v) is 5.39. The third-order valence-corrected chi connectivity index (χ3v) is 4.33. The summed E-state index contributed by atoms with van der Waals surface area (Å²) in [5.74, 6) is 2.35. The van der Waals surface area contributed by atoms with Gasteiger partial charge in [0.1, 0.15) is 6.23 Å². The second kappa shape index (κ2) is 4.25. The van der Waals surface area contributed by atoms with Crippen LogP contribution in [0.3, 0.4) is 0 Å². The zero-order chi connectivity index (χ0) is 15.5. The Bertz CT molecular complexity index is 842. The Morgan fingerprint density at radius 3 is 2.91 bits per heavy atom. The molecule has 0 bridgehead atoms. The van der Waals surface area contributed by atoms with Gasteiger partial charge in [0, 0.05) is 11.8 Å². The summed E-state index contributed by atoms with van der Waals surface area (Å²) in [5, 5.41) is 9.62. The summed E-state index contributed by atoms with van der Waals surface area (Å²) < 4.78 is 20.9. The van der Waals surface area contributed by atoms with Crippen LogP contribution in [0.25, 0.3) is 11.2 Å². The van der Waals surface area contributed by atoms with Gasteiger partial charge >= 0.3 is 6.08 Å². The Balaban J connectivity index is 1.84. The molecule has 1 aliphatic heterocycles. The second-order valence-electron chi connectivity index (χ2n) is 5.39. The van der Waals surface area contributed by atoms with E-state index in [-0.39, 0.29) is 29.9 Å². The van der Waals surface area contributed by atoms with E-state index in [0.29, 0.717) is 5.52 Å². The highest BCUT2D eigenvalue weighted by Gasteiger charge is 2.56.